The highest BCUT2D eigenvalue weighted by Gasteiger charge is 2.18. The zero-order chi connectivity index (χ0) is 9.90. The minimum atomic E-state index is 0.277. The summed E-state index contributed by atoms with van der Waals surface area (Å²) in [6.45, 7) is 6.77. The molecule has 0 nitrogen and oxygen atoms in total. The summed E-state index contributed by atoms with van der Waals surface area (Å²) in [7, 11) is 0. The van der Waals surface area contributed by atoms with Gasteiger partial charge in [-0.15, -0.1) is 0 Å². The SMILES string of the molecule is CCCC(C)(C)c1ccc(Cl)cc1. The van der Waals surface area contributed by atoms with Crippen LogP contribution in [0, 0.1) is 0 Å². The molecule has 0 spiro atoms. The van der Waals surface area contributed by atoms with Gasteiger partial charge in [0.25, 0.3) is 0 Å². The van der Waals surface area contributed by atoms with Crippen molar-refractivity contribution in [2.45, 2.75) is 39.0 Å². The maximum Gasteiger partial charge on any atom is 0.0406 e. The molecule has 0 radical (unpaired) electrons. The lowest BCUT2D eigenvalue weighted by atomic mass is 9.81. The van der Waals surface area contributed by atoms with Gasteiger partial charge in [0, 0.05) is 5.02 Å². The molecule has 0 bridgehead atoms. The molecule has 0 atom stereocenters. The van der Waals surface area contributed by atoms with Crippen molar-refractivity contribution in [3.05, 3.63) is 34.9 Å². The second-order valence-corrected chi connectivity index (χ2v) is 4.58. The summed E-state index contributed by atoms with van der Waals surface area (Å²) < 4.78 is 0. The molecule has 0 saturated heterocycles. The minimum absolute atomic E-state index is 0.277. The largest absolute Gasteiger partial charge is 0.0843 e. The predicted octanol–water partition coefficient (Wildman–Crippen LogP) is 4.42. The van der Waals surface area contributed by atoms with E-state index in [-0.39, 0.29) is 5.41 Å². The van der Waals surface area contributed by atoms with Gasteiger partial charge in [-0.3, -0.25) is 0 Å². The van der Waals surface area contributed by atoms with Crippen LogP contribution in [-0.2, 0) is 5.41 Å². The number of halogens is 1. The van der Waals surface area contributed by atoms with E-state index in [0.29, 0.717) is 0 Å². The lowest BCUT2D eigenvalue weighted by Gasteiger charge is -2.24. The maximum absolute atomic E-state index is 5.84. The Morgan fingerprint density at radius 2 is 1.69 bits per heavy atom. The van der Waals surface area contributed by atoms with Crippen LogP contribution in [0.25, 0.3) is 0 Å². The summed E-state index contributed by atoms with van der Waals surface area (Å²) in [5.74, 6) is 0. The third-order valence-corrected chi connectivity index (χ3v) is 2.75. The van der Waals surface area contributed by atoms with E-state index in [2.05, 4.69) is 32.9 Å². The molecule has 13 heavy (non-hydrogen) atoms. The second-order valence-electron chi connectivity index (χ2n) is 4.14. The molecule has 0 saturated carbocycles. The molecule has 1 rings (SSSR count). The average Bonchev–Trinajstić information content (AvgIpc) is 2.05. The van der Waals surface area contributed by atoms with E-state index >= 15 is 0 Å². The molecule has 1 heteroatoms. The summed E-state index contributed by atoms with van der Waals surface area (Å²) in [6.07, 6.45) is 2.43. The van der Waals surface area contributed by atoms with Crippen LogP contribution in [0.5, 0.6) is 0 Å². The summed E-state index contributed by atoms with van der Waals surface area (Å²) >= 11 is 5.84. The van der Waals surface area contributed by atoms with Crippen LogP contribution >= 0.6 is 11.6 Å². The Morgan fingerprint density at radius 3 is 2.15 bits per heavy atom. The molecule has 0 amide bonds. The zero-order valence-corrected chi connectivity index (χ0v) is 9.36. The fourth-order valence-corrected chi connectivity index (χ4v) is 1.80. The molecule has 0 aromatic heterocycles. The monoisotopic (exact) mass is 196 g/mol. The number of hydrogen-bond acceptors (Lipinski definition) is 0. The first-order chi connectivity index (χ1) is 6.06. The van der Waals surface area contributed by atoms with Crippen LogP contribution in [0.1, 0.15) is 39.2 Å². The molecule has 0 aliphatic carbocycles. The lowest BCUT2D eigenvalue weighted by molar-refractivity contribution is 0.473. The molecular formula is C12H17Cl. The third kappa shape index (κ3) is 2.73. The number of hydrogen-bond donors (Lipinski definition) is 0. The molecule has 0 aliphatic heterocycles. The Kier molecular flexibility index (Phi) is 3.38. The Balaban J connectivity index is 2.87. The van der Waals surface area contributed by atoms with Crippen LogP contribution < -0.4 is 0 Å². The molecule has 0 N–H and O–H groups in total. The van der Waals surface area contributed by atoms with Gasteiger partial charge in [0.2, 0.25) is 0 Å². The highest BCUT2D eigenvalue weighted by atomic mass is 35.5. The fraction of sp³-hybridized carbons (Fsp3) is 0.500. The van der Waals surface area contributed by atoms with Gasteiger partial charge in [0.05, 0.1) is 0 Å². The zero-order valence-electron chi connectivity index (χ0n) is 8.60. The van der Waals surface area contributed by atoms with Gasteiger partial charge in [-0.2, -0.15) is 0 Å². The van der Waals surface area contributed by atoms with Gasteiger partial charge in [0.1, 0.15) is 0 Å². The van der Waals surface area contributed by atoms with Gasteiger partial charge >= 0.3 is 0 Å². The van der Waals surface area contributed by atoms with E-state index < -0.39 is 0 Å². The molecule has 1 aromatic rings. The van der Waals surface area contributed by atoms with Crippen molar-refractivity contribution in [2.24, 2.45) is 0 Å². The summed E-state index contributed by atoms with van der Waals surface area (Å²) in [5, 5.41) is 0.816. The molecule has 0 heterocycles. The third-order valence-electron chi connectivity index (χ3n) is 2.50. The Morgan fingerprint density at radius 1 is 1.15 bits per heavy atom. The van der Waals surface area contributed by atoms with Crippen molar-refractivity contribution in [3.63, 3.8) is 0 Å². The summed E-state index contributed by atoms with van der Waals surface area (Å²) in [5.41, 5.74) is 1.65. The van der Waals surface area contributed by atoms with E-state index in [0.717, 1.165) is 5.02 Å². The molecular weight excluding hydrogens is 180 g/mol. The average molecular weight is 197 g/mol. The smallest absolute Gasteiger partial charge is 0.0406 e. The van der Waals surface area contributed by atoms with Gasteiger partial charge in [-0.1, -0.05) is 50.9 Å². The van der Waals surface area contributed by atoms with Crippen LogP contribution in [-0.4, -0.2) is 0 Å². The van der Waals surface area contributed by atoms with Crippen LogP contribution in [0.2, 0.25) is 5.02 Å². The van der Waals surface area contributed by atoms with Crippen molar-refractivity contribution in [3.8, 4) is 0 Å². The number of benzene rings is 1. The van der Waals surface area contributed by atoms with E-state index in [1.165, 1.54) is 18.4 Å². The fourth-order valence-electron chi connectivity index (χ4n) is 1.67. The van der Waals surface area contributed by atoms with Gasteiger partial charge in [0.15, 0.2) is 0 Å². The van der Waals surface area contributed by atoms with Crippen LogP contribution in [0.15, 0.2) is 24.3 Å². The van der Waals surface area contributed by atoms with Crippen molar-refractivity contribution in [1.29, 1.82) is 0 Å². The highest BCUT2D eigenvalue weighted by molar-refractivity contribution is 6.30. The quantitative estimate of drug-likeness (QED) is 0.672. The van der Waals surface area contributed by atoms with Gasteiger partial charge in [-0.25, -0.2) is 0 Å². The molecule has 0 fully saturated rings. The van der Waals surface area contributed by atoms with Gasteiger partial charge < -0.3 is 0 Å². The number of rotatable bonds is 3. The Labute approximate surface area is 85.9 Å². The van der Waals surface area contributed by atoms with Crippen molar-refractivity contribution >= 4 is 11.6 Å². The van der Waals surface area contributed by atoms with Crippen molar-refractivity contribution < 1.29 is 0 Å². The van der Waals surface area contributed by atoms with E-state index in [9.17, 15) is 0 Å². The first-order valence-corrected chi connectivity index (χ1v) is 5.20. The lowest BCUT2D eigenvalue weighted by Crippen LogP contribution is -2.16. The van der Waals surface area contributed by atoms with Crippen LogP contribution in [0.4, 0.5) is 0 Å². The first-order valence-electron chi connectivity index (χ1n) is 4.82. The summed E-state index contributed by atoms with van der Waals surface area (Å²) in [6, 6.07) is 8.18. The minimum Gasteiger partial charge on any atom is -0.0843 e. The first kappa shape index (κ1) is 10.6. The molecule has 1 aromatic carbocycles. The molecule has 0 aliphatic rings. The van der Waals surface area contributed by atoms with E-state index in [1.807, 2.05) is 12.1 Å². The van der Waals surface area contributed by atoms with Crippen LogP contribution in [0.3, 0.4) is 0 Å². The maximum atomic E-state index is 5.84. The van der Waals surface area contributed by atoms with Crippen molar-refractivity contribution in [1.82, 2.24) is 0 Å². The van der Waals surface area contributed by atoms with Gasteiger partial charge in [-0.05, 0) is 29.5 Å². The standard InChI is InChI=1S/C12H17Cl/c1-4-9-12(2,3)10-5-7-11(13)8-6-10/h5-8H,4,9H2,1-3H3. The summed E-state index contributed by atoms with van der Waals surface area (Å²) in [4.78, 5) is 0. The van der Waals surface area contributed by atoms with Crippen molar-refractivity contribution in [2.75, 3.05) is 0 Å². The topological polar surface area (TPSA) is 0 Å². The second kappa shape index (κ2) is 4.15. The Hall–Kier alpha value is -0.490. The van der Waals surface area contributed by atoms with E-state index in [4.69, 9.17) is 11.6 Å². The Bertz CT molecular complexity index is 259. The highest BCUT2D eigenvalue weighted by Crippen LogP contribution is 2.28. The molecule has 72 valence electrons. The van der Waals surface area contributed by atoms with E-state index in [1.54, 1.807) is 0 Å². The predicted molar refractivity (Wildman–Crippen MR) is 59.4 cm³/mol. The molecule has 0 unspecified atom stereocenters. The normalized spacial score (nSPS) is 11.7.